The van der Waals surface area contributed by atoms with Crippen molar-refractivity contribution in [2.45, 2.75) is 74.6 Å². The van der Waals surface area contributed by atoms with Crippen LogP contribution >= 0.6 is 0 Å². The topological polar surface area (TPSA) is 83.4 Å². The number of nitrogens with zero attached hydrogens (tertiary/aromatic N) is 3. The van der Waals surface area contributed by atoms with Crippen LogP contribution < -0.4 is 5.32 Å². The Labute approximate surface area is 147 Å². The van der Waals surface area contributed by atoms with Gasteiger partial charge >= 0.3 is 6.09 Å². The van der Waals surface area contributed by atoms with Crippen LogP contribution in [0.1, 0.15) is 57.8 Å². The molecule has 1 saturated carbocycles. The van der Waals surface area contributed by atoms with E-state index in [4.69, 9.17) is 11.2 Å². The molecule has 0 radical (unpaired) electrons. The number of hydrogen-bond acceptors (Lipinski definition) is 5. The molecule has 0 unspecified atom stereocenters. The van der Waals surface area contributed by atoms with Gasteiger partial charge in [-0.05, 0) is 19.3 Å². The predicted molar refractivity (Wildman–Crippen MR) is 89.6 cm³/mol. The molecule has 134 valence electrons. The zero-order chi connectivity index (χ0) is 17.5. The van der Waals surface area contributed by atoms with E-state index < -0.39 is 11.3 Å². The maximum absolute atomic E-state index is 12.5. The van der Waals surface area contributed by atoms with Crippen molar-refractivity contribution in [3.8, 4) is 12.3 Å². The van der Waals surface area contributed by atoms with Crippen LogP contribution in [0.2, 0.25) is 0 Å². The second-order valence-electron chi connectivity index (χ2n) is 7.71. The van der Waals surface area contributed by atoms with Gasteiger partial charge in [0.05, 0.1) is 5.54 Å². The van der Waals surface area contributed by atoms with E-state index in [1.54, 1.807) is 0 Å². The molecule has 25 heavy (non-hydrogen) atoms. The third-order valence-electron chi connectivity index (χ3n) is 6.42. The van der Waals surface area contributed by atoms with Crippen molar-refractivity contribution in [1.82, 2.24) is 10.2 Å². The Morgan fingerprint density at radius 3 is 2.52 bits per heavy atom. The molecule has 0 aromatic heterocycles. The molecule has 2 amide bonds. The largest absolute Gasteiger partial charge is 0.440 e. The van der Waals surface area contributed by atoms with Crippen molar-refractivity contribution >= 4 is 12.0 Å². The number of carbonyl (C=O) groups excluding carboxylic acids is 2. The monoisotopic (exact) mass is 344 g/mol. The van der Waals surface area contributed by atoms with Crippen molar-refractivity contribution in [2.24, 2.45) is 10.2 Å². The summed E-state index contributed by atoms with van der Waals surface area (Å²) in [5, 5.41) is 11.2. The first-order chi connectivity index (χ1) is 12.0. The molecular formula is C18H24N4O3. The second-order valence-corrected chi connectivity index (χ2v) is 7.71. The van der Waals surface area contributed by atoms with E-state index in [0.29, 0.717) is 45.2 Å². The molecule has 4 aliphatic rings. The number of nitrogens with one attached hydrogen (secondary N) is 1. The van der Waals surface area contributed by atoms with E-state index in [2.05, 4.69) is 21.5 Å². The number of carbonyl (C=O) groups is 2. The maximum atomic E-state index is 12.5. The molecule has 2 saturated heterocycles. The number of fused-ring (bicyclic) bond motifs is 1. The van der Waals surface area contributed by atoms with Gasteiger partial charge in [0.15, 0.2) is 5.66 Å². The van der Waals surface area contributed by atoms with E-state index in [1.165, 1.54) is 0 Å². The number of rotatable bonds is 5. The van der Waals surface area contributed by atoms with Gasteiger partial charge in [-0.3, -0.25) is 4.79 Å². The Kier molecular flexibility index (Phi) is 3.75. The van der Waals surface area contributed by atoms with Crippen LogP contribution in [-0.4, -0.2) is 46.8 Å². The van der Waals surface area contributed by atoms with Crippen molar-refractivity contribution in [1.29, 1.82) is 0 Å². The first-order valence-corrected chi connectivity index (χ1v) is 9.19. The molecule has 0 bridgehead atoms. The van der Waals surface area contributed by atoms with Gasteiger partial charge in [0, 0.05) is 51.6 Å². The van der Waals surface area contributed by atoms with Gasteiger partial charge in [-0.25, -0.2) is 4.79 Å². The van der Waals surface area contributed by atoms with Gasteiger partial charge < -0.3 is 15.0 Å². The Bertz CT molecular complexity index is 648. The van der Waals surface area contributed by atoms with Gasteiger partial charge in [-0.1, -0.05) is 0 Å². The van der Waals surface area contributed by atoms with Crippen LogP contribution in [0.3, 0.4) is 0 Å². The van der Waals surface area contributed by atoms with Gasteiger partial charge in [0.25, 0.3) is 0 Å². The highest BCUT2D eigenvalue weighted by Gasteiger charge is 2.63. The summed E-state index contributed by atoms with van der Waals surface area (Å²) < 4.78 is 5.71. The van der Waals surface area contributed by atoms with Crippen molar-refractivity contribution in [3.05, 3.63) is 0 Å². The lowest BCUT2D eigenvalue weighted by Crippen LogP contribution is -2.64. The zero-order valence-corrected chi connectivity index (χ0v) is 14.4. The molecule has 0 aromatic rings. The average Bonchev–Trinajstić information content (AvgIpc) is 3.28. The van der Waals surface area contributed by atoms with E-state index in [-0.39, 0.29) is 17.5 Å². The minimum absolute atomic E-state index is 0.132. The Balaban J connectivity index is 1.30. The summed E-state index contributed by atoms with van der Waals surface area (Å²) in [6, 6.07) is 0. The molecule has 4 rings (SSSR count). The van der Waals surface area contributed by atoms with Crippen molar-refractivity contribution < 1.29 is 14.3 Å². The molecule has 3 heterocycles. The summed E-state index contributed by atoms with van der Waals surface area (Å²) in [4.78, 5) is 26.2. The van der Waals surface area contributed by atoms with E-state index in [1.807, 2.05) is 4.90 Å². The van der Waals surface area contributed by atoms with Gasteiger partial charge in [0.2, 0.25) is 5.91 Å². The lowest BCUT2D eigenvalue weighted by Gasteiger charge is -2.51. The van der Waals surface area contributed by atoms with Crippen molar-refractivity contribution in [2.75, 3.05) is 13.1 Å². The second kappa shape index (κ2) is 5.72. The van der Waals surface area contributed by atoms with E-state index in [0.717, 1.165) is 25.7 Å². The quantitative estimate of drug-likeness (QED) is 0.777. The van der Waals surface area contributed by atoms with E-state index >= 15 is 0 Å². The number of piperidine rings is 1. The Hall–Kier alpha value is -2.10. The summed E-state index contributed by atoms with van der Waals surface area (Å²) >= 11 is 0. The molecular weight excluding hydrogens is 320 g/mol. The van der Waals surface area contributed by atoms with Crippen LogP contribution in [-0.2, 0) is 9.53 Å². The Morgan fingerprint density at radius 2 is 1.96 bits per heavy atom. The molecule has 0 aromatic carbocycles. The first kappa shape index (κ1) is 16.4. The number of terminal acetylenes is 1. The van der Waals surface area contributed by atoms with Crippen LogP contribution in [0.15, 0.2) is 10.2 Å². The molecule has 7 nitrogen and oxygen atoms in total. The smallest absolute Gasteiger partial charge is 0.408 e. The minimum Gasteiger partial charge on any atom is -0.440 e. The fraction of sp³-hybridized carbons (Fsp3) is 0.778. The number of likely N-dealkylation sites (tertiary alicyclic amines) is 1. The normalized spacial score (nSPS) is 26.7. The fourth-order valence-electron chi connectivity index (χ4n) is 4.55. The van der Waals surface area contributed by atoms with Crippen LogP contribution in [0, 0.1) is 12.3 Å². The number of alkyl carbamates (subject to hydrolysis) is 1. The molecule has 1 aliphatic carbocycles. The highest BCUT2D eigenvalue weighted by molar-refractivity contribution is 5.77. The van der Waals surface area contributed by atoms with Crippen molar-refractivity contribution in [3.63, 3.8) is 0 Å². The van der Waals surface area contributed by atoms with Crippen LogP contribution in [0.5, 0.6) is 0 Å². The van der Waals surface area contributed by atoms with Gasteiger partial charge in [-0.2, -0.15) is 10.2 Å². The highest BCUT2D eigenvalue weighted by atomic mass is 16.6. The summed E-state index contributed by atoms with van der Waals surface area (Å²) in [5.41, 5.74) is -1.02. The fourth-order valence-corrected chi connectivity index (χ4v) is 4.55. The molecule has 3 fully saturated rings. The standard InChI is InChI=1S/C18H24N4O3/c1-2-3-8-18(20-21-18)9-5-14(23)22-12-10-17(11-13-22)16(6-4-7-16)19-15(24)25-17/h1H,3-13H2,(H,19,24). The predicted octanol–water partition coefficient (Wildman–Crippen LogP) is 2.37. The molecule has 3 aliphatic heterocycles. The van der Waals surface area contributed by atoms with Gasteiger partial charge in [0.1, 0.15) is 5.60 Å². The van der Waals surface area contributed by atoms with E-state index in [9.17, 15) is 9.59 Å². The molecule has 7 heteroatoms. The first-order valence-electron chi connectivity index (χ1n) is 9.19. The third kappa shape index (κ3) is 2.68. The van der Waals surface area contributed by atoms with Gasteiger partial charge in [-0.15, -0.1) is 12.3 Å². The average molecular weight is 344 g/mol. The Morgan fingerprint density at radius 1 is 1.24 bits per heavy atom. The maximum Gasteiger partial charge on any atom is 0.408 e. The summed E-state index contributed by atoms with van der Waals surface area (Å²) in [6.45, 7) is 1.28. The summed E-state index contributed by atoms with van der Waals surface area (Å²) in [7, 11) is 0. The summed E-state index contributed by atoms with van der Waals surface area (Å²) in [6.07, 6.45) is 11.9. The van der Waals surface area contributed by atoms with Crippen LogP contribution in [0.25, 0.3) is 0 Å². The lowest BCUT2D eigenvalue weighted by atomic mass is 9.62. The zero-order valence-electron chi connectivity index (χ0n) is 14.4. The molecule has 1 N–H and O–H groups in total. The summed E-state index contributed by atoms with van der Waals surface area (Å²) in [5.74, 6) is 2.73. The number of ether oxygens (including phenoxy) is 1. The lowest BCUT2D eigenvalue weighted by molar-refractivity contribution is -0.138. The SMILES string of the molecule is C#CCCC1(CCC(=O)N2CCC3(CC2)OC(=O)NC32CCC2)N=N1. The number of hydrogen-bond donors (Lipinski definition) is 1. The highest BCUT2D eigenvalue weighted by Crippen LogP contribution is 2.51. The van der Waals surface area contributed by atoms with Crippen LogP contribution in [0.4, 0.5) is 4.79 Å². The minimum atomic E-state index is -0.422. The third-order valence-corrected chi connectivity index (χ3v) is 6.42. The number of amides is 2. The molecule has 2 spiro atoms. The molecule has 0 atom stereocenters.